The van der Waals surface area contributed by atoms with E-state index in [1.165, 1.54) is 6.08 Å². The molecule has 104 valence electrons. The molecule has 0 radical (unpaired) electrons. The number of furan rings is 1. The average molecular weight is 289 g/mol. The van der Waals surface area contributed by atoms with E-state index in [0.29, 0.717) is 5.76 Å². The minimum Gasteiger partial charge on any atom is -0.465 e. The second kappa shape index (κ2) is 5.92. The lowest BCUT2D eigenvalue weighted by Gasteiger charge is -2.15. The maximum Gasteiger partial charge on any atom is 0.244 e. The van der Waals surface area contributed by atoms with Crippen LogP contribution in [0.15, 0.2) is 40.5 Å². The maximum atomic E-state index is 11.8. The van der Waals surface area contributed by atoms with E-state index in [1.807, 2.05) is 11.4 Å². The number of hydrogen-bond donors (Lipinski definition) is 1. The smallest absolute Gasteiger partial charge is 0.244 e. The van der Waals surface area contributed by atoms with Crippen LogP contribution >= 0.6 is 11.3 Å². The molecule has 1 amide bonds. The van der Waals surface area contributed by atoms with Gasteiger partial charge in [0, 0.05) is 36.8 Å². The van der Waals surface area contributed by atoms with Crippen LogP contribution in [0.5, 0.6) is 0 Å². The van der Waals surface area contributed by atoms with Crippen molar-refractivity contribution in [3.05, 3.63) is 41.8 Å². The molecular formula is C14H15N3O2S. The van der Waals surface area contributed by atoms with Crippen LogP contribution in [0.2, 0.25) is 0 Å². The number of rotatable bonds is 4. The fourth-order valence-electron chi connectivity index (χ4n) is 2.22. The molecule has 2 aromatic rings. The van der Waals surface area contributed by atoms with Crippen molar-refractivity contribution in [2.75, 3.05) is 18.0 Å². The third kappa shape index (κ3) is 3.08. The molecule has 5 nitrogen and oxygen atoms in total. The number of nitrogens with one attached hydrogen (secondary N) is 1. The van der Waals surface area contributed by atoms with E-state index in [1.54, 1.807) is 35.9 Å². The van der Waals surface area contributed by atoms with Gasteiger partial charge < -0.3 is 14.6 Å². The lowest BCUT2D eigenvalue weighted by atomic mass is 10.2. The van der Waals surface area contributed by atoms with E-state index in [4.69, 9.17) is 4.42 Å². The molecule has 1 N–H and O–H groups in total. The van der Waals surface area contributed by atoms with Crippen LogP contribution < -0.4 is 10.2 Å². The van der Waals surface area contributed by atoms with Crippen molar-refractivity contribution in [3.8, 4) is 0 Å². The Kier molecular flexibility index (Phi) is 3.83. The number of nitrogens with zero attached hydrogens (tertiary/aromatic N) is 2. The highest BCUT2D eigenvalue weighted by molar-refractivity contribution is 7.13. The van der Waals surface area contributed by atoms with Crippen molar-refractivity contribution in [2.24, 2.45) is 0 Å². The number of thiazole rings is 1. The normalized spacial score (nSPS) is 18.8. The molecule has 1 unspecified atom stereocenters. The molecule has 3 heterocycles. The van der Waals surface area contributed by atoms with Crippen LogP contribution in [0, 0.1) is 0 Å². The summed E-state index contributed by atoms with van der Waals surface area (Å²) in [5.74, 6) is 0.586. The van der Waals surface area contributed by atoms with Crippen LogP contribution in [0.3, 0.4) is 0 Å². The minimum atomic E-state index is -0.0904. The van der Waals surface area contributed by atoms with Gasteiger partial charge in [0.1, 0.15) is 5.76 Å². The number of anilines is 1. The summed E-state index contributed by atoms with van der Waals surface area (Å²) in [6.45, 7) is 1.74. The highest BCUT2D eigenvalue weighted by Gasteiger charge is 2.24. The number of carbonyl (C=O) groups excluding carboxylic acids is 1. The van der Waals surface area contributed by atoms with Crippen molar-refractivity contribution in [2.45, 2.75) is 12.5 Å². The van der Waals surface area contributed by atoms with E-state index >= 15 is 0 Å². The quantitative estimate of drug-likeness (QED) is 0.876. The molecule has 1 aliphatic rings. The zero-order valence-corrected chi connectivity index (χ0v) is 11.7. The lowest BCUT2D eigenvalue weighted by Crippen LogP contribution is -2.36. The Bertz CT molecular complexity index is 578. The van der Waals surface area contributed by atoms with Gasteiger partial charge in [-0.05, 0) is 24.6 Å². The Labute approximate surface area is 120 Å². The van der Waals surface area contributed by atoms with E-state index in [0.717, 1.165) is 24.6 Å². The van der Waals surface area contributed by atoms with Gasteiger partial charge in [-0.3, -0.25) is 4.79 Å². The summed E-state index contributed by atoms with van der Waals surface area (Å²) in [5, 5.41) is 5.99. The lowest BCUT2D eigenvalue weighted by molar-refractivity contribution is -0.117. The fraction of sp³-hybridized carbons (Fsp3) is 0.286. The van der Waals surface area contributed by atoms with Gasteiger partial charge in [0.15, 0.2) is 5.13 Å². The van der Waals surface area contributed by atoms with E-state index in [-0.39, 0.29) is 11.9 Å². The topological polar surface area (TPSA) is 58.4 Å². The second-order valence-electron chi connectivity index (χ2n) is 4.60. The molecule has 0 spiro atoms. The molecule has 1 saturated heterocycles. The van der Waals surface area contributed by atoms with Crippen LogP contribution in [0.25, 0.3) is 6.08 Å². The van der Waals surface area contributed by atoms with E-state index in [2.05, 4.69) is 15.2 Å². The molecular weight excluding hydrogens is 274 g/mol. The standard InChI is InChI=1S/C14H15N3O2S/c18-13(4-3-12-2-1-8-19-12)16-11-5-7-17(10-11)14-15-6-9-20-14/h1-4,6,8-9,11H,5,7,10H2,(H,16,18). The highest BCUT2D eigenvalue weighted by Crippen LogP contribution is 2.22. The Hall–Kier alpha value is -2.08. The second-order valence-corrected chi connectivity index (χ2v) is 5.48. The first-order valence-electron chi connectivity index (χ1n) is 6.48. The zero-order valence-electron chi connectivity index (χ0n) is 10.9. The minimum absolute atomic E-state index is 0.0904. The highest BCUT2D eigenvalue weighted by atomic mass is 32.1. The molecule has 0 aliphatic carbocycles. The average Bonchev–Trinajstić information content (AvgIpc) is 3.18. The van der Waals surface area contributed by atoms with Gasteiger partial charge in [-0.1, -0.05) is 0 Å². The van der Waals surface area contributed by atoms with E-state index in [9.17, 15) is 4.79 Å². The summed E-state index contributed by atoms with van der Waals surface area (Å²) in [7, 11) is 0. The molecule has 0 aromatic carbocycles. The summed E-state index contributed by atoms with van der Waals surface area (Å²) < 4.78 is 5.14. The Balaban J connectivity index is 1.50. The molecule has 6 heteroatoms. The predicted octanol–water partition coefficient (Wildman–Crippen LogP) is 2.14. The van der Waals surface area contributed by atoms with E-state index < -0.39 is 0 Å². The summed E-state index contributed by atoms with van der Waals surface area (Å²) in [4.78, 5) is 18.3. The van der Waals surface area contributed by atoms with Crippen LogP contribution in [0.1, 0.15) is 12.2 Å². The first-order chi connectivity index (χ1) is 9.81. The maximum absolute atomic E-state index is 11.8. The van der Waals surface area contributed by atoms with Gasteiger partial charge in [-0.25, -0.2) is 4.98 Å². The third-order valence-corrected chi connectivity index (χ3v) is 4.00. The van der Waals surface area contributed by atoms with Crippen molar-refractivity contribution in [3.63, 3.8) is 0 Å². The summed E-state index contributed by atoms with van der Waals surface area (Å²) in [5.41, 5.74) is 0. The largest absolute Gasteiger partial charge is 0.465 e. The fourth-order valence-corrected chi connectivity index (χ4v) is 2.90. The molecule has 1 atom stereocenters. The van der Waals surface area contributed by atoms with Crippen molar-refractivity contribution in [1.29, 1.82) is 0 Å². The summed E-state index contributed by atoms with van der Waals surface area (Å²) in [6, 6.07) is 3.77. The SMILES string of the molecule is O=C(C=Cc1ccco1)NC1CCN(c2nccs2)C1. The third-order valence-electron chi connectivity index (χ3n) is 3.17. The van der Waals surface area contributed by atoms with Crippen LogP contribution in [-0.2, 0) is 4.79 Å². The number of carbonyl (C=O) groups is 1. The zero-order chi connectivity index (χ0) is 13.8. The monoisotopic (exact) mass is 289 g/mol. The van der Waals surface area contributed by atoms with Crippen molar-refractivity contribution >= 4 is 28.5 Å². The first kappa shape index (κ1) is 12.9. The molecule has 3 rings (SSSR count). The summed E-state index contributed by atoms with van der Waals surface area (Å²) >= 11 is 1.63. The van der Waals surface area contributed by atoms with Gasteiger partial charge >= 0.3 is 0 Å². The Morgan fingerprint density at radius 2 is 2.55 bits per heavy atom. The van der Waals surface area contributed by atoms with Crippen LogP contribution in [-0.4, -0.2) is 30.0 Å². The molecule has 0 saturated carbocycles. The van der Waals surface area contributed by atoms with Crippen molar-refractivity contribution < 1.29 is 9.21 Å². The molecule has 0 bridgehead atoms. The number of aromatic nitrogens is 1. The molecule has 1 aliphatic heterocycles. The Morgan fingerprint density at radius 1 is 1.60 bits per heavy atom. The molecule has 20 heavy (non-hydrogen) atoms. The van der Waals surface area contributed by atoms with Crippen LogP contribution in [0.4, 0.5) is 5.13 Å². The van der Waals surface area contributed by atoms with Gasteiger partial charge in [0.25, 0.3) is 0 Å². The molecule has 1 fully saturated rings. The van der Waals surface area contributed by atoms with Gasteiger partial charge in [-0.2, -0.15) is 0 Å². The van der Waals surface area contributed by atoms with Crippen molar-refractivity contribution in [1.82, 2.24) is 10.3 Å². The number of hydrogen-bond acceptors (Lipinski definition) is 5. The number of amides is 1. The van der Waals surface area contributed by atoms with Gasteiger partial charge in [0.2, 0.25) is 5.91 Å². The van der Waals surface area contributed by atoms with Gasteiger partial charge in [0.05, 0.1) is 6.26 Å². The first-order valence-corrected chi connectivity index (χ1v) is 7.36. The predicted molar refractivity (Wildman–Crippen MR) is 78.6 cm³/mol. The Morgan fingerprint density at radius 3 is 3.30 bits per heavy atom. The molecule has 2 aromatic heterocycles. The summed E-state index contributed by atoms with van der Waals surface area (Å²) in [6.07, 6.45) is 7.51. The van der Waals surface area contributed by atoms with Gasteiger partial charge in [-0.15, -0.1) is 11.3 Å².